The number of ketones is 1. The van der Waals surface area contributed by atoms with Gasteiger partial charge in [-0.2, -0.15) is 10.1 Å². The predicted molar refractivity (Wildman–Crippen MR) is 137 cm³/mol. The van der Waals surface area contributed by atoms with Gasteiger partial charge in [0.25, 0.3) is 5.12 Å². The van der Waals surface area contributed by atoms with Crippen molar-refractivity contribution in [1.82, 2.24) is 5.01 Å². The molecule has 1 amide bonds. The number of benzene rings is 3. The van der Waals surface area contributed by atoms with Crippen molar-refractivity contribution in [1.29, 1.82) is 0 Å². The third kappa shape index (κ3) is 3.55. The van der Waals surface area contributed by atoms with Crippen LogP contribution in [0.15, 0.2) is 95.1 Å². The molecule has 0 aliphatic carbocycles. The fourth-order valence-electron chi connectivity index (χ4n) is 3.95. The average Bonchev–Trinajstić information content (AvgIpc) is 3.40. The van der Waals surface area contributed by atoms with Gasteiger partial charge in [-0.15, -0.1) is 5.10 Å². The van der Waals surface area contributed by atoms with Crippen LogP contribution < -0.4 is 9.91 Å². The number of carbonyl (C=O) groups excluding carboxylic acids is 2. The van der Waals surface area contributed by atoms with Crippen molar-refractivity contribution in [3.63, 3.8) is 0 Å². The molecule has 5 rings (SSSR count). The van der Waals surface area contributed by atoms with Crippen LogP contribution in [0.4, 0.5) is 11.4 Å². The van der Waals surface area contributed by atoms with Crippen molar-refractivity contribution in [2.45, 2.75) is 19.0 Å². The van der Waals surface area contributed by atoms with Crippen LogP contribution in [0.1, 0.15) is 19.4 Å². The Morgan fingerprint density at radius 3 is 2.12 bits per heavy atom. The van der Waals surface area contributed by atoms with E-state index in [4.69, 9.17) is 16.7 Å². The molecule has 1 spiro atoms. The van der Waals surface area contributed by atoms with E-state index >= 15 is 0 Å². The lowest BCUT2D eigenvalue weighted by molar-refractivity contribution is -0.131. The smallest absolute Gasteiger partial charge is 0.292 e. The van der Waals surface area contributed by atoms with Crippen molar-refractivity contribution >= 4 is 57.3 Å². The lowest BCUT2D eigenvalue weighted by Crippen LogP contribution is -2.63. The molecule has 0 bridgehead atoms. The van der Waals surface area contributed by atoms with Crippen molar-refractivity contribution in [3.05, 3.63) is 95.5 Å². The summed E-state index contributed by atoms with van der Waals surface area (Å²) in [5, 5.41) is 11.9. The quantitative estimate of drug-likeness (QED) is 0.507. The summed E-state index contributed by atoms with van der Waals surface area (Å²) in [6.45, 7) is 2.91. The Morgan fingerprint density at radius 1 is 0.853 bits per heavy atom. The van der Waals surface area contributed by atoms with Gasteiger partial charge in [-0.3, -0.25) is 14.5 Å². The van der Waals surface area contributed by atoms with Crippen molar-refractivity contribution in [2.75, 3.05) is 9.91 Å². The third-order valence-corrected chi connectivity index (χ3v) is 6.97. The van der Waals surface area contributed by atoms with Crippen molar-refractivity contribution < 1.29 is 9.59 Å². The van der Waals surface area contributed by atoms with Gasteiger partial charge in [-0.25, -0.2) is 5.01 Å². The molecular formula is C25H20ClN5O2S. The fourth-order valence-corrected chi connectivity index (χ4v) is 5.43. The van der Waals surface area contributed by atoms with E-state index in [9.17, 15) is 9.59 Å². The number of nitrogens with zero attached hydrogens (tertiary/aromatic N) is 5. The summed E-state index contributed by atoms with van der Waals surface area (Å²) in [5.41, 5.74) is 2.22. The van der Waals surface area contributed by atoms with E-state index in [1.165, 1.54) is 30.6 Å². The topological polar surface area (TPSA) is 68.6 Å². The zero-order valence-corrected chi connectivity index (χ0v) is 20.0. The normalized spacial score (nSPS) is 19.4. The molecule has 2 aliphatic heterocycles. The SMILES string of the molecule is CC(=O)C1=NN(c2cccc(Cl)c2)[C@@]2(S1)N(C(C)=O)N=C(c1ccccc1)N2c1ccccc1. The lowest BCUT2D eigenvalue weighted by atomic mass is 10.1. The molecule has 34 heavy (non-hydrogen) atoms. The number of hydrogen-bond donors (Lipinski definition) is 0. The molecule has 0 radical (unpaired) electrons. The number of hydrazone groups is 2. The summed E-state index contributed by atoms with van der Waals surface area (Å²) in [6, 6.07) is 26.4. The second-order valence-electron chi connectivity index (χ2n) is 7.72. The predicted octanol–water partition coefficient (Wildman–Crippen LogP) is 5.14. The highest BCUT2D eigenvalue weighted by Gasteiger charge is 2.61. The number of rotatable bonds is 4. The summed E-state index contributed by atoms with van der Waals surface area (Å²) < 4.78 is 0. The molecule has 3 aromatic rings. The number of halogens is 1. The highest BCUT2D eigenvalue weighted by Crippen LogP contribution is 2.51. The zero-order chi connectivity index (χ0) is 23.9. The number of carbonyl (C=O) groups is 2. The largest absolute Gasteiger partial charge is 0.296 e. The first-order valence-electron chi connectivity index (χ1n) is 10.6. The van der Waals surface area contributed by atoms with Crippen molar-refractivity contribution in [3.8, 4) is 0 Å². The number of para-hydroxylation sites is 1. The standard InChI is InChI=1S/C25H20ClN5O2S/c1-17(32)24-28-31(22-15-9-12-20(26)16-22)25(34-24)29(21-13-7-4-8-14-21)23(27-30(25)18(2)33)19-10-5-3-6-11-19/h3-16H,1-2H3/t25-/m0/s1. The van der Waals surface area contributed by atoms with Gasteiger partial charge in [0.1, 0.15) is 0 Å². The zero-order valence-electron chi connectivity index (χ0n) is 18.4. The minimum absolute atomic E-state index is 0.210. The Hall–Kier alpha value is -3.62. The van der Waals surface area contributed by atoms with E-state index in [1.807, 2.05) is 71.6 Å². The fraction of sp³-hybridized carbons (Fsp3) is 0.120. The second kappa shape index (κ2) is 8.62. The average molecular weight is 490 g/mol. The van der Waals surface area contributed by atoms with Gasteiger partial charge in [0.2, 0.25) is 5.91 Å². The molecule has 0 N–H and O–H groups in total. The number of amidine groups is 1. The minimum Gasteiger partial charge on any atom is -0.292 e. The van der Waals surface area contributed by atoms with Gasteiger partial charge in [0.15, 0.2) is 16.7 Å². The van der Waals surface area contributed by atoms with Crippen LogP contribution >= 0.6 is 23.4 Å². The summed E-state index contributed by atoms with van der Waals surface area (Å²) in [6.07, 6.45) is 0. The van der Waals surface area contributed by atoms with Gasteiger partial charge in [-0.1, -0.05) is 66.2 Å². The number of hydrogen-bond acceptors (Lipinski definition) is 7. The third-order valence-electron chi connectivity index (χ3n) is 5.37. The number of thioether (sulfide) groups is 1. The Labute approximate surface area is 206 Å². The summed E-state index contributed by atoms with van der Waals surface area (Å²) in [4.78, 5) is 27.5. The monoisotopic (exact) mass is 489 g/mol. The van der Waals surface area contributed by atoms with Crippen LogP contribution in [-0.2, 0) is 9.59 Å². The van der Waals surface area contributed by atoms with Crippen LogP contribution in [0.25, 0.3) is 0 Å². The number of anilines is 2. The van der Waals surface area contributed by atoms with Crippen LogP contribution in [-0.4, -0.2) is 32.7 Å². The van der Waals surface area contributed by atoms with E-state index in [0.29, 0.717) is 16.5 Å². The molecule has 2 aliphatic rings. The first-order valence-corrected chi connectivity index (χ1v) is 11.8. The van der Waals surface area contributed by atoms with E-state index in [0.717, 1.165) is 11.3 Å². The summed E-state index contributed by atoms with van der Waals surface area (Å²) in [5.74, 6) is 0.0477. The summed E-state index contributed by atoms with van der Waals surface area (Å²) in [7, 11) is 0. The highest BCUT2D eigenvalue weighted by molar-refractivity contribution is 8.17. The van der Waals surface area contributed by atoms with Crippen LogP contribution in [0, 0.1) is 0 Å². The molecule has 170 valence electrons. The van der Waals surface area contributed by atoms with E-state index in [-0.39, 0.29) is 16.7 Å². The first kappa shape index (κ1) is 22.2. The van der Waals surface area contributed by atoms with Crippen LogP contribution in [0.5, 0.6) is 0 Å². The Kier molecular flexibility index (Phi) is 5.63. The highest BCUT2D eigenvalue weighted by atomic mass is 35.5. The second-order valence-corrected chi connectivity index (χ2v) is 9.30. The molecule has 1 atom stereocenters. The maximum atomic E-state index is 13.1. The molecule has 0 saturated heterocycles. The molecule has 7 nitrogen and oxygen atoms in total. The Balaban J connectivity index is 1.79. The molecule has 9 heteroatoms. The maximum Gasteiger partial charge on any atom is 0.296 e. The van der Waals surface area contributed by atoms with Gasteiger partial charge in [0.05, 0.1) is 5.69 Å². The van der Waals surface area contributed by atoms with Gasteiger partial charge >= 0.3 is 0 Å². The summed E-state index contributed by atoms with van der Waals surface area (Å²) >= 11 is 7.50. The van der Waals surface area contributed by atoms with Crippen molar-refractivity contribution in [2.24, 2.45) is 10.2 Å². The van der Waals surface area contributed by atoms with E-state index in [1.54, 1.807) is 23.2 Å². The molecule has 0 unspecified atom stereocenters. The first-order chi connectivity index (χ1) is 16.4. The number of amides is 1. The van der Waals surface area contributed by atoms with Gasteiger partial charge in [-0.05, 0) is 42.1 Å². The van der Waals surface area contributed by atoms with Crippen LogP contribution in [0.2, 0.25) is 5.02 Å². The Bertz CT molecular complexity index is 1330. The minimum atomic E-state index is -1.33. The molecule has 0 saturated carbocycles. The molecule has 3 aromatic carbocycles. The maximum absolute atomic E-state index is 13.1. The van der Waals surface area contributed by atoms with Gasteiger partial charge in [0, 0.05) is 30.1 Å². The van der Waals surface area contributed by atoms with E-state index < -0.39 is 5.12 Å². The lowest BCUT2D eigenvalue weighted by Gasteiger charge is -2.44. The van der Waals surface area contributed by atoms with Crippen LogP contribution in [0.3, 0.4) is 0 Å². The Morgan fingerprint density at radius 2 is 1.50 bits per heavy atom. The van der Waals surface area contributed by atoms with Gasteiger partial charge < -0.3 is 0 Å². The van der Waals surface area contributed by atoms with E-state index in [2.05, 4.69) is 5.10 Å². The molecule has 2 heterocycles. The molecule has 0 fully saturated rings. The molecular weight excluding hydrogens is 470 g/mol. The number of Topliss-reactive ketones (excluding diaryl/α,β-unsaturated/α-hetero) is 1. The molecule has 0 aromatic heterocycles.